The molecule has 3 aromatic carbocycles. The fourth-order valence-electron chi connectivity index (χ4n) is 5.19. The topological polar surface area (TPSA) is 58.4 Å². The number of carbonyl (C=O) groups is 1. The van der Waals surface area contributed by atoms with Gasteiger partial charge in [-0.25, -0.2) is 0 Å². The van der Waals surface area contributed by atoms with Crippen molar-refractivity contribution in [1.29, 1.82) is 0 Å². The Morgan fingerprint density at radius 2 is 1.51 bits per heavy atom. The van der Waals surface area contributed by atoms with E-state index < -0.39 is 0 Å². The molecule has 0 spiro atoms. The van der Waals surface area contributed by atoms with E-state index in [1.807, 2.05) is 45.2 Å². The van der Waals surface area contributed by atoms with Gasteiger partial charge in [0.2, 0.25) is 0 Å². The minimum atomic E-state index is 0.555. The first-order chi connectivity index (χ1) is 26.9. The Kier molecular flexibility index (Phi) is 31.2. The van der Waals surface area contributed by atoms with E-state index in [1.165, 1.54) is 51.7 Å². The van der Waals surface area contributed by atoms with Gasteiger partial charge in [-0.15, -0.1) is 6.58 Å². The van der Waals surface area contributed by atoms with Crippen LogP contribution >= 0.6 is 23.2 Å². The summed E-state index contributed by atoms with van der Waals surface area (Å²) in [5, 5.41) is 4.48. The van der Waals surface area contributed by atoms with Gasteiger partial charge in [0.25, 0.3) is 0 Å². The number of nitrogens with one attached hydrogen (secondary N) is 1. The number of nitrogens with two attached hydrogens (primary N) is 1. The van der Waals surface area contributed by atoms with Crippen LogP contribution in [-0.4, -0.2) is 19.9 Å². The van der Waals surface area contributed by atoms with Crippen LogP contribution in [0.3, 0.4) is 0 Å². The summed E-state index contributed by atoms with van der Waals surface area (Å²) < 4.78 is 0. The highest BCUT2D eigenvalue weighted by atomic mass is 35.5. The molecule has 4 nitrogen and oxygen atoms in total. The van der Waals surface area contributed by atoms with Crippen LogP contribution in [0.4, 0.5) is 11.4 Å². The summed E-state index contributed by atoms with van der Waals surface area (Å²) in [6, 6.07) is 20.7. The fourth-order valence-corrected chi connectivity index (χ4v) is 5.69. The van der Waals surface area contributed by atoms with Gasteiger partial charge in [0, 0.05) is 46.4 Å². The Balaban J connectivity index is 0. The molecule has 0 heterocycles. The predicted molar refractivity (Wildman–Crippen MR) is 259 cm³/mol. The molecule has 0 aliphatic rings. The molecule has 1 atom stereocenters. The van der Waals surface area contributed by atoms with Crippen molar-refractivity contribution in [2.75, 3.05) is 23.8 Å². The number of rotatable bonds is 16. The Labute approximate surface area is 358 Å². The number of aldehydes is 1. The molecule has 57 heavy (non-hydrogen) atoms. The molecule has 0 aliphatic heterocycles. The first-order valence-electron chi connectivity index (χ1n) is 19.7. The van der Waals surface area contributed by atoms with E-state index in [0.29, 0.717) is 10.9 Å². The van der Waals surface area contributed by atoms with Gasteiger partial charge in [-0.3, -0.25) is 0 Å². The Morgan fingerprint density at radius 3 is 1.96 bits per heavy atom. The lowest BCUT2D eigenvalue weighted by atomic mass is 10.00. The lowest BCUT2D eigenvalue weighted by Gasteiger charge is -2.31. The lowest BCUT2D eigenvalue weighted by molar-refractivity contribution is -0.106. The standard InChI is InChI=1S/C24H29Cl2N.C12H18.C9H13N.C4H9N.C2H4O/c1-5-7-20(6-2)17-27(23-14-8-18(3)9-15-23)19(4)10-11-21-12-13-22(25)16-24(21)26;1-6-7-11(4)9-12(5)8-10(2)3;1-7-4-5-9(10-3)6-8(7)2;1-3-4(2)5;1-2-3/h5,8-9,12-16,20H,1,4,6-7,10-11,17H2,2-3H3;6-7,9H,1-2,8H2,3-5H3;4-6,10H,1-3H3;2-3,5H2,1H3;2H,1H3/b;11-7-,12-9-;;;. The second-order valence-corrected chi connectivity index (χ2v) is 15.0. The van der Waals surface area contributed by atoms with E-state index in [2.05, 4.69) is 133 Å². The highest BCUT2D eigenvalue weighted by Crippen LogP contribution is 2.28. The molecule has 0 aliphatic carbocycles. The van der Waals surface area contributed by atoms with Gasteiger partial charge >= 0.3 is 0 Å². The van der Waals surface area contributed by atoms with Gasteiger partial charge in [-0.05, 0) is 140 Å². The smallest absolute Gasteiger partial charge is 0.116 e. The molecule has 0 saturated carbocycles. The monoisotopic (exact) mass is 814 g/mol. The van der Waals surface area contributed by atoms with E-state index in [0.717, 1.165) is 73.3 Å². The molecule has 0 fully saturated rings. The van der Waals surface area contributed by atoms with E-state index in [-0.39, 0.29) is 0 Å². The number of benzene rings is 3. The zero-order chi connectivity index (χ0) is 43.9. The van der Waals surface area contributed by atoms with E-state index in [1.54, 1.807) is 12.1 Å². The highest BCUT2D eigenvalue weighted by Gasteiger charge is 2.16. The maximum absolute atomic E-state index is 8.81. The maximum atomic E-state index is 8.81. The molecular formula is C51H73Cl2N3O. The maximum Gasteiger partial charge on any atom is 0.116 e. The number of allylic oxidation sites excluding steroid dienone is 9. The number of anilines is 2. The highest BCUT2D eigenvalue weighted by molar-refractivity contribution is 6.35. The summed E-state index contributed by atoms with van der Waals surface area (Å²) in [5.74, 6) is 0.555. The summed E-state index contributed by atoms with van der Waals surface area (Å²) in [5.41, 5.74) is 18.2. The fraction of sp³-hybridized carbons (Fsp3) is 0.353. The van der Waals surface area contributed by atoms with Crippen molar-refractivity contribution >= 4 is 40.9 Å². The molecule has 3 N–H and O–H groups in total. The van der Waals surface area contributed by atoms with Crippen LogP contribution in [0.25, 0.3) is 0 Å². The van der Waals surface area contributed by atoms with Crippen molar-refractivity contribution in [3.63, 3.8) is 0 Å². The summed E-state index contributed by atoms with van der Waals surface area (Å²) >= 11 is 12.3. The van der Waals surface area contributed by atoms with Crippen molar-refractivity contribution < 1.29 is 4.79 Å². The van der Waals surface area contributed by atoms with Crippen molar-refractivity contribution in [2.45, 2.75) is 101 Å². The Hall–Kier alpha value is -4.51. The Morgan fingerprint density at radius 1 is 0.912 bits per heavy atom. The number of carbonyl (C=O) groups excluding carboxylic acids is 1. The predicted octanol–water partition coefficient (Wildman–Crippen LogP) is 15.3. The quantitative estimate of drug-likeness (QED) is 0.0859. The molecule has 0 bridgehead atoms. The van der Waals surface area contributed by atoms with Gasteiger partial charge in [0.1, 0.15) is 6.29 Å². The van der Waals surface area contributed by atoms with E-state index in [9.17, 15) is 0 Å². The van der Waals surface area contributed by atoms with Crippen molar-refractivity contribution in [2.24, 2.45) is 11.7 Å². The molecule has 0 radical (unpaired) electrons. The number of halogens is 2. The summed E-state index contributed by atoms with van der Waals surface area (Å²) in [6.45, 7) is 38.5. The zero-order valence-electron chi connectivity index (χ0n) is 36.9. The molecule has 312 valence electrons. The molecule has 3 aromatic rings. The summed E-state index contributed by atoms with van der Waals surface area (Å²) in [7, 11) is 1.93. The second-order valence-electron chi connectivity index (χ2n) is 14.1. The van der Waals surface area contributed by atoms with E-state index in [4.69, 9.17) is 33.7 Å². The van der Waals surface area contributed by atoms with Crippen molar-refractivity contribution in [3.05, 3.63) is 178 Å². The molecule has 6 heteroatoms. The molecule has 3 rings (SSSR count). The van der Waals surface area contributed by atoms with Gasteiger partial charge in [0.15, 0.2) is 0 Å². The number of aryl methyl sites for hydroxylation is 4. The largest absolute Gasteiger partial charge is 0.403 e. The third-order valence-corrected chi connectivity index (χ3v) is 9.22. The first-order valence-corrected chi connectivity index (χ1v) is 20.4. The number of hydrogen-bond donors (Lipinski definition) is 2. The normalized spacial score (nSPS) is 10.9. The average Bonchev–Trinajstić information content (AvgIpc) is 3.15. The zero-order valence-corrected chi connectivity index (χ0v) is 38.4. The van der Waals surface area contributed by atoms with Crippen LogP contribution in [0.15, 0.2) is 146 Å². The summed E-state index contributed by atoms with van der Waals surface area (Å²) in [6.07, 6.45) is 14.4. The minimum absolute atomic E-state index is 0.555. The Bertz CT molecular complexity index is 1730. The van der Waals surface area contributed by atoms with Crippen LogP contribution in [-0.2, 0) is 11.2 Å². The average molecular weight is 815 g/mol. The third-order valence-electron chi connectivity index (χ3n) is 8.63. The molecule has 0 saturated heterocycles. The van der Waals surface area contributed by atoms with Gasteiger partial charge in [0.05, 0.1) is 0 Å². The SMILES string of the molecule is C=C(N)CC.C=C/C=C(C)\C=C(\C)CC(=C)C.C=CCC(CC)CN(C(=C)CCc1ccc(Cl)cc1Cl)c1ccc(C)cc1.CC=O.CNc1ccc(C)c(C)c1. The van der Waals surface area contributed by atoms with Gasteiger partial charge < -0.3 is 20.7 Å². The number of hydrogen-bond acceptors (Lipinski definition) is 4. The molecule has 1 unspecified atom stereocenters. The molecule has 0 amide bonds. The van der Waals surface area contributed by atoms with E-state index >= 15 is 0 Å². The number of nitrogens with zero attached hydrogens (tertiary/aromatic N) is 1. The van der Waals surface area contributed by atoms with Crippen LogP contribution in [0.1, 0.15) is 95.9 Å². The third kappa shape index (κ3) is 26.9. The first kappa shape index (κ1) is 54.6. The lowest BCUT2D eigenvalue weighted by Crippen LogP contribution is -2.28. The minimum Gasteiger partial charge on any atom is -0.403 e. The van der Waals surface area contributed by atoms with Crippen molar-refractivity contribution in [3.8, 4) is 0 Å². The van der Waals surface area contributed by atoms with Gasteiger partial charge in [-0.2, -0.15) is 0 Å². The van der Waals surface area contributed by atoms with Crippen LogP contribution in [0.5, 0.6) is 0 Å². The van der Waals surface area contributed by atoms with Crippen LogP contribution in [0.2, 0.25) is 10.0 Å². The van der Waals surface area contributed by atoms with Crippen LogP contribution in [0, 0.1) is 26.7 Å². The van der Waals surface area contributed by atoms with Crippen LogP contribution < -0.4 is 16.0 Å². The van der Waals surface area contributed by atoms with Gasteiger partial charge in [-0.1, -0.05) is 141 Å². The summed E-state index contributed by atoms with van der Waals surface area (Å²) in [4.78, 5) is 11.2. The van der Waals surface area contributed by atoms with Crippen molar-refractivity contribution in [1.82, 2.24) is 0 Å². The second kappa shape index (κ2) is 32.6. The molecule has 0 aromatic heterocycles. The molecular weight excluding hydrogens is 741 g/mol.